The van der Waals surface area contributed by atoms with E-state index in [1.165, 1.54) is 21.2 Å². The van der Waals surface area contributed by atoms with Crippen LogP contribution in [-0.2, 0) is 6.54 Å². The first kappa shape index (κ1) is 18.3. The van der Waals surface area contributed by atoms with E-state index in [9.17, 15) is 9.18 Å². The Kier molecular flexibility index (Phi) is 4.03. The Hall–Kier alpha value is -4.47. The van der Waals surface area contributed by atoms with Gasteiger partial charge in [0.05, 0.1) is 5.69 Å². The van der Waals surface area contributed by atoms with Crippen molar-refractivity contribution in [2.75, 3.05) is 6.79 Å². The van der Waals surface area contributed by atoms with Crippen LogP contribution < -0.4 is 15.0 Å². The Morgan fingerprint density at radius 3 is 2.81 bits per heavy atom. The van der Waals surface area contributed by atoms with Crippen LogP contribution in [0.5, 0.6) is 11.5 Å². The van der Waals surface area contributed by atoms with E-state index in [4.69, 9.17) is 14.0 Å². The van der Waals surface area contributed by atoms with E-state index < -0.39 is 5.82 Å². The molecule has 0 atom stereocenters. The fourth-order valence-corrected chi connectivity index (χ4v) is 3.56. The summed E-state index contributed by atoms with van der Waals surface area (Å²) >= 11 is 0. The zero-order valence-corrected chi connectivity index (χ0v) is 16.4. The van der Waals surface area contributed by atoms with Crippen LogP contribution >= 0.6 is 0 Å². The third-order valence-corrected chi connectivity index (χ3v) is 5.13. The van der Waals surface area contributed by atoms with Crippen LogP contribution in [0.3, 0.4) is 0 Å². The zero-order chi connectivity index (χ0) is 21.7. The highest BCUT2D eigenvalue weighted by Crippen LogP contribution is 2.35. The summed E-state index contributed by atoms with van der Waals surface area (Å²) in [5.74, 6) is 1.41. The molecule has 0 amide bonds. The maximum absolute atomic E-state index is 13.4. The summed E-state index contributed by atoms with van der Waals surface area (Å²) in [6, 6.07) is 13.1. The summed E-state index contributed by atoms with van der Waals surface area (Å²) in [5, 5.41) is 8.37. The lowest BCUT2D eigenvalue weighted by atomic mass is 10.1. The third kappa shape index (κ3) is 3.09. The van der Waals surface area contributed by atoms with Gasteiger partial charge in [-0.05, 0) is 36.4 Å². The first-order valence-electron chi connectivity index (χ1n) is 9.71. The molecule has 0 radical (unpaired) electrons. The van der Waals surface area contributed by atoms with Gasteiger partial charge in [0, 0.05) is 23.5 Å². The Morgan fingerprint density at radius 1 is 1.00 bits per heavy atom. The molecule has 32 heavy (non-hydrogen) atoms. The van der Waals surface area contributed by atoms with Crippen molar-refractivity contribution in [3.05, 3.63) is 83.0 Å². The molecule has 0 fully saturated rings. The number of fused-ring (bicyclic) bond motifs is 2. The molecule has 0 N–H and O–H groups in total. The Balaban J connectivity index is 1.31. The number of hydrogen-bond donors (Lipinski definition) is 0. The predicted octanol–water partition coefficient (Wildman–Crippen LogP) is 3.13. The van der Waals surface area contributed by atoms with E-state index in [0.29, 0.717) is 28.3 Å². The normalized spacial score (nSPS) is 12.5. The van der Waals surface area contributed by atoms with Gasteiger partial charge in [0.15, 0.2) is 11.5 Å². The monoisotopic (exact) mass is 431 g/mol. The third-order valence-electron chi connectivity index (χ3n) is 5.13. The molecule has 0 unspecified atom stereocenters. The van der Waals surface area contributed by atoms with Gasteiger partial charge in [-0.2, -0.15) is 10.1 Å². The number of ether oxygens (including phenoxy) is 2. The van der Waals surface area contributed by atoms with E-state index >= 15 is 0 Å². The van der Waals surface area contributed by atoms with Crippen molar-refractivity contribution in [2.45, 2.75) is 6.54 Å². The van der Waals surface area contributed by atoms with Gasteiger partial charge in [-0.15, -0.1) is 0 Å². The van der Waals surface area contributed by atoms with Gasteiger partial charge < -0.3 is 18.6 Å². The van der Waals surface area contributed by atoms with E-state index in [1.807, 2.05) is 18.2 Å². The minimum absolute atomic E-state index is 0.0716. The number of nitrogens with zero attached hydrogens (tertiary/aromatic N) is 5. The van der Waals surface area contributed by atoms with Crippen molar-refractivity contribution in [3.63, 3.8) is 0 Å². The van der Waals surface area contributed by atoms with Crippen LogP contribution in [0.4, 0.5) is 4.39 Å². The van der Waals surface area contributed by atoms with Crippen molar-refractivity contribution in [1.82, 2.24) is 24.3 Å². The van der Waals surface area contributed by atoms with E-state index in [-0.39, 0.29) is 30.6 Å². The zero-order valence-electron chi connectivity index (χ0n) is 16.4. The van der Waals surface area contributed by atoms with E-state index in [1.54, 1.807) is 30.6 Å². The standard InChI is InChI=1S/C22H14FN5O4/c23-15-3-1-2-14(8-15)21-24-20(32-26-21)11-27-6-7-28-17(22(27)29)10-16(25-28)13-4-5-18-19(9-13)31-12-30-18/h1-10H,11-12H2. The average molecular weight is 431 g/mol. The molecular weight excluding hydrogens is 417 g/mol. The summed E-state index contributed by atoms with van der Waals surface area (Å²) in [5.41, 5.74) is 2.05. The first-order valence-corrected chi connectivity index (χ1v) is 9.71. The molecule has 2 aromatic carbocycles. The molecule has 4 heterocycles. The van der Waals surface area contributed by atoms with Gasteiger partial charge in [0.2, 0.25) is 18.5 Å². The summed E-state index contributed by atoms with van der Waals surface area (Å²) in [7, 11) is 0. The highest BCUT2D eigenvalue weighted by Gasteiger charge is 2.17. The predicted molar refractivity (Wildman–Crippen MR) is 110 cm³/mol. The van der Waals surface area contributed by atoms with Crippen molar-refractivity contribution >= 4 is 5.52 Å². The molecular formula is C22H14FN5O4. The fraction of sp³-hybridized carbons (Fsp3) is 0.0909. The van der Waals surface area contributed by atoms with Gasteiger partial charge in [-0.25, -0.2) is 8.91 Å². The van der Waals surface area contributed by atoms with Crippen LogP contribution in [0.2, 0.25) is 0 Å². The molecule has 0 bridgehead atoms. The van der Waals surface area contributed by atoms with Gasteiger partial charge >= 0.3 is 0 Å². The highest BCUT2D eigenvalue weighted by atomic mass is 19.1. The van der Waals surface area contributed by atoms with Crippen LogP contribution in [0.15, 0.2) is 70.2 Å². The second-order valence-corrected chi connectivity index (χ2v) is 7.18. The molecule has 0 spiro atoms. The largest absolute Gasteiger partial charge is 0.454 e. The maximum Gasteiger partial charge on any atom is 0.277 e. The molecule has 9 nitrogen and oxygen atoms in total. The number of rotatable bonds is 4. The number of benzene rings is 2. The van der Waals surface area contributed by atoms with Crippen LogP contribution in [0, 0.1) is 5.82 Å². The van der Waals surface area contributed by atoms with Gasteiger partial charge in [0.25, 0.3) is 5.56 Å². The number of aromatic nitrogens is 5. The summed E-state index contributed by atoms with van der Waals surface area (Å²) in [6.45, 7) is 0.257. The van der Waals surface area contributed by atoms with Gasteiger partial charge in [-0.3, -0.25) is 4.79 Å². The quantitative estimate of drug-likeness (QED) is 0.431. The molecule has 5 aromatic rings. The number of halogens is 1. The lowest BCUT2D eigenvalue weighted by Gasteiger charge is -2.02. The van der Waals surface area contributed by atoms with Gasteiger partial charge in [-0.1, -0.05) is 17.3 Å². The van der Waals surface area contributed by atoms with Crippen LogP contribution in [-0.4, -0.2) is 31.1 Å². The van der Waals surface area contributed by atoms with Crippen molar-refractivity contribution in [1.29, 1.82) is 0 Å². The fourth-order valence-electron chi connectivity index (χ4n) is 3.56. The minimum Gasteiger partial charge on any atom is -0.454 e. The summed E-state index contributed by atoms with van der Waals surface area (Å²) < 4.78 is 32.4. The molecule has 0 saturated heterocycles. The second-order valence-electron chi connectivity index (χ2n) is 7.18. The van der Waals surface area contributed by atoms with Gasteiger partial charge in [0.1, 0.15) is 17.9 Å². The second kappa shape index (κ2) is 7.05. The minimum atomic E-state index is -0.394. The molecule has 10 heteroatoms. The Labute approximate surface area is 179 Å². The molecule has 158 valence electrons. The molecule has 0 saturated carbocycles. The molecule has 1 aliphatic rings. The lowest BCUT2D eigenvalue weighted by molar-refractivity contribution is 0.174. The Morgan fingerprint density at radius 2 is 1.91 bits per heavy atom. The first-order chi connectivity index (χ1) is 15.6. The summed E-state index contributed by atoms with van der Waals surface area (Å²) in [6.07, 6.45) is 3.27. The van der Waals surface area contributed by atoms with Crippen molar-refractivity contribution < 1.29 is 18.4 Å². The van der Waals surface area contributed by atoms with Crippen LogP contribution in [0.1, 0.15) is 5.89 Å². The maximum atomic E-state index is 13.4. The molecule has 1 aliphatic heterocycles. The molecule has 3 aromatic heterocycles. The molecule has 6 rings (SSSR count). The van der Waals surface area contributed by atoms with E-state index in [2.05, 4.69) is 15.2 Å². The molecule has 0 aliphatic carbocycles. The van der Waals surface area contributed by atoms with Crippen molar-refractivity contribution in [3.8, 4) is 34.1 Å². The van der Waals surface area contributed by atoms with Crippen LogP contribution in [0.25, 0.3) is 28.2 Å². The topological polar surface area (TPSA) is 96.7 Å². The smallest absolute Gasteiger partial charge is 0.277 e. The Bertz CT molecular complexity index is 1540. The van der Waals surface area contributed by atoms with E-state index in [0.717, 1.165) is 5.56 Å². The average Bonchev–Trinajstić information content (AvgIpc) is 3.55. The lowest BCUT2D eigenvalue weighted by Crippen LogP contribution is -2.21. The highest BCUT2D eigenvalue weighted by molar-refractivity contribution is 5.68. The SMILES string of the molecule is O=c1c2cc(-c3ccc4c(c3)OCO4)nn2ccn1Cc1nc(-c2cccc(F)c2)no1. The summed E-state index contributed by atoms with van der Waals surface area (Å²) in [4.78, 5) is 17.3. The number of hydrogen-bond acceptors (Lipinski definition) is 7. The van der Waals surface area contributed by atoms with Crippen molar-refractivity contribution in [2.24, 2.45) is 0 Å².